The molecular weight excluding hydrogens is 857 g/mol. The lowest BCUT2D eigenvalue weighted by Crippen LogP contribution is -2.15. The Morgan fingerprint density at radius 3 is 1.87 bits per heavy atom. The van der Waals surface area contributed by atoms with Gasteiger partial charge in [0.25, 0.3) is 0 Å². The van der Waals surface area contributed by atoms with Crippen molar-refractivity contribution in [1.29, 1.82) is 0 Å². The van der Waals surface area contributed by atoms with Gasteiger partial charge < -0.3 is 13.6 Å². The molecule has 11 aromatic carbocycles. The van der Waals surface area contributed by atoms with Gasteiger partial charge in [-0.1, -0.05) is 153 Å². The average Bonchev–Trinajstić information content (AvgIpc) is 4.19. The minimum atomic E-state index is -0.119. The number of nitrogens with zero attached hydrogens (tertiary/aromatic N) is 2. The van der Waals surface area contributed by atoms with Crippen LogP contribution in [0.3, 0.4) is 0 Å². The molecule has 16 rings (SSSR count). The van der Waals surface area contributed by atoms with Gasteiger partial charge in [-0.2, -0.15) is 0 Å². The molecular formula is C65H40N2OS. The van der Waals surface area contributed by atoms with Gasteiger partial charge in [0.05, 0.1) is 22.1 Å². The molecule has 0 saturated carbocycles. The van der Waals surface area contributed by atoms with E-state index in [2.05, 4.69) is 229 Å². The van der Waals surface area contributed by atoms with Crippen molar-refractivity contribution in [3.63, 3.8) is 0 Å². The molecule has 0 saturated heterocycles. The highest BCUT2D eigenvalue weighted by atomic mass is 32.1. The fourth-order valence-corrected chi connectivity index (χ4v) is 13.7. The van der Waals surface area contributed by atoms with E-state index in [9.17, 15) is 0 Å². The van der Waals surface area contributed by atoms with Crippen molar-refractivity contribution < 1.29 is 4.42 Å². The first-order valence-electron chi connectivity index (χ1n) is 23.9. The van der Waals surface area contributed by atoms with E-state index in [0.717, 1.165) is 33.0 Å². The number of rotatable bonds is 4. The normalized spacial score (nSPS) is 13.5. The van der Waals surface area contributed by atoms with Gasteiger partial charge in [0, 0.05) is 74.7 Å². The van der Waals surface area contributed by atoms with Crippen LogP contribution in [0.5, 0.6) is 0 Å². The van der Waals surface area contributed by atoms with Crippen LogP contribution in [0, 0.1) is 0 Å². The van der Waals surface area contributed by atoms with E-state index in [1.54, 1.807) is 0 Å². The van der Waals surface area contributed by atoms with Crippen molar-refractivity contribution in [2.24, 2.45) is 0 Å². The van der Waals surface area contributed by atoms with Gasteiger partial charge in [-0.05, 0) is 117 Å². The molecule has 1 aliphatic carbocycles. The van der Waals surface area contributed by atoms with Gasteiger partial charge >= 0.3 is 0 Å². The van der Waals surface area contributed by atoms with Crippen LogP contribution in [0.2, 0.25) is 0 Å². The van der Waals surface area contributed by atoms with Crippen LogP contribution in [-0.2, 0) is 5.41 Å². The fraction of sp³-hybridized carbons (Fsp3) is 0.0462. The van der Waals surface area contributed by atoms with E-state index in [0.29, 0.717) is 0 Å². The molecule has 3 nitrogen and oxygen atoms in total. The van der Waals surface area contributed by atoms with Crippen LogP contribution >= 0.6 is 11.3 Å². The second-order valence-corrected chi connectivity index (χ2v) is 20.7. The highest BCUT2D eigenvalue weighted by Crippen LogP contribution is 2.52. The number of benzene rings is 11. The van der Waals surface area contributed by atoms with Crippen molar-refractivity contribution in [3.8, 4) is 44.8 Å². The van der Waals surface area contributed by atoms with Gasteiger partial charge in [-0.25, -0.2) is 0 Å². The summed E-state index contributed by atoms with van der Waals surface area (Å²) in [5.41, 5.74) is 19.2. The molecule has 322 valence electrons. The topological polar surface area (TPSA) is 23.0 Å². The molecule has 4 heterocycles. The summed E-state index contributed by atoms with van der Waals surface area (Å²) in [5, 5.41) is 12.4. The monoisotopic (exact) mass is 896 g/mol. The molecule has 0 spiro atoms. The third kappa shape index (κ3) is 5.01. The molecule has 69 heavy (non-hydrogen) atoms. The number of thiophene rings is 1. The highest BCUT2D eigenvalue weighted by molar-refractivity contribution is 7.26. The van der Waals surface area contributed by atoms with Crippen LogP contribution in [0.25, 0.3) is 141 Å². The van der Waals surface area contributed by atoms with Crippen molar-refractivity contribution in [3.05, 3.63) is 217 Å². The average molecular weight is 897 g/mol. The zero-order valence-electron chi connectivity index (χ0n) is 37.8. The van der Waals surface area contributed by atoms with Crippen molar-refractivity contribution in [2.45, 2.75) is 19.3 Å². The summed E-state index contributed by atoms with van der Waals surface area (Å²) >= 11 is 1.90. The zero-order chi connectivity index (χ0) is 45.3. The Hall–Kier alpha value is -8.44. The Morgan fingerprint density at radius 2 is 0.986 bits per heavy atom. The second kappa shape index (κ2) is 13.4. The molecule has 0 atom stereocenters. The lowest BCUT2D eigenvalue weighted by Gasteiger charge is -2.22. The van der Waals surface area contributed by atoms with Gasteiger partial charge in [-0.3, -0.25) is 0 Å². The van der Waals surface area contributed by atoms with Crippen molar-refractivity contribution in [1.82, 2.24) is 9.13 Å². The number of hydrogen-bond acceptors (Lipinski definition) is 2. The first-order chi connectivity index (χ1) is 34.0. The lowest BCUT2D eigenvalue weighted by molar-refractivity contribution is 0.660. The molecule has 0 radical (unpaired) electrons. The first kappa shape index (κ1) is 37.6. The maximum absolute atomic E-state index is 6.73. The van der Waals surface area contributed by atoms with Crippen molar-refractivity contribution in [2.75, 3.05) is 0 Å². The minimum absolute atomic E-state index is 0.119. The summed E-state index contributed by atoms with van der Waals surface area (Å²) in [6.07, 6.45) is 0. The van der Waals surface area contributed by atoms with E-state index in [4.69, 9.17) is 4.42 Å². The summed E-state index contributed by atoms with van der Waals surface area (Å²) in [4.78, 5) is 0. The van der Waals surface area contributed by atoms with Crippen LogP contribution < -0.4 is 0 Å². The molecule has 0 bridgehead atoms. The van der Waals surface area contributed by atoms with Gasteiger partial charge in [0.2, 0.25) is 0 Å². The Balaban J connectivity index is 0.903. The highest BCUT2D eigenvalue weighted by Gasteiger charge is 2.36. The van der Waals surface area contributed by atoms with Crippen molar-refractivity contribution >= 4 is 108 Å². The third-order valence-electron chi connectivity index (χ3n) is 15.7. The Kier molecular flexibility index (Phi) is 7.30. The Bertz CT molecular complexity index is 4670. The predicted molar refractivity (Wildman–Crippen MR) is 292 cm³/mol. The number of furan rings is 1. The SMILES string of the molecule is CC1(C)c2ccccc2-c2ccc(-n3c4cc5c6ccccc6oc5c5ccc6c7c(cc3c6c54)sc3cc(-c4ccc5c6ccccc6n(-c6ccc(-c8ccccc8)cc6)c5c4)ccc37)cc21. The zero-order valence-corrected chi connectivity index (χ0v) is 38.7. The van der Waals surface area contributed by atoms with Crippen LogP contribution in [0.1, 0.15) is 25.0 Å². The van der Waals surface area contributed by atoms with Crippen LogP contribution in [-0.4, -0.2) is 9.13 Å². The molecule has 0 fully saturated rings. The molecule has 0 aliphatic heterocycles. The number of hydrogen-bond donors (Lipinski definition) is 0. The quantitative estimate of drug-likeness (QED) is 0.161. The predicted octanol–water partition coefficient (Wildman–Crippen LogP) is 18.4. The summed E-state index contributed by atoms with van der Waals surface area (Å²) < 4.78 is 14.3. The maximum Gasteiger partial charge on any atom is 0.143 e. The maximum atomic E-state index is 6.73. The molecule has 0 unspecified atom stereocenters. The van der Waals surface area contributed by atoms with Gasteiger partial charge in [-0.15, -0.1) is 11.3 Å². The summed E-state index contributed by atoms with van der Waals surface area (Å²) in [5.74, 6) is 0. The fourth-order valence-electron chi connectivity index (χ4n) is 12.5. The van der Waals surface area contributed by atoms with Gasteiger partial charge in [0.1, 0.15) is 11.2 Å². The Morgan fingerprint density at radius 1 is 0.362 bits per heavy atom. The molecule has 0 amide bonds. The van der Waals surface area contributed by atoms with E-state index in [-0.39, 0.29) is 5.41 Å². The third-order valence-corrected chi connectivity index (χ3v) is 16.8. The summed E-state index contributed by atoms with van der Waals surface area (Å²) in [6.45, 7) is 4.75. The van der Waals surface area contributed by atoms with Gasteiger partial charge in [0.15, 0.2) is 0 Å². The van der Waals surface area contributed by atoms with Crippen LogP contribution in [0.4, 0.5) is 0 Å². The standard InChI is InChI=1S/C65H40N2OS/c1-65(2)52-17-9-6-14-43(52)44-29-26-42(34-53(44)65)67-56-35-51-47-16-8-11-19-58(47)68-64(51)50-31-30-49-61-48-28-23-40(33-59(48)69-60(61)36-57(67)62(49)63(50)56)39-22-27-46-45-15-7-10-18-54(45)66(55(46)32-39)41-24-20-38(21-25-41)37-12-4-3-5-13-37/h3-36H,1-2H3. The van der Waals surface area contributed by atoms with E-state index < -0.39 is 0 Å². The number of fused-ring (bicyclic) bond motifs is 14. The summed E-state index contributed by atoms with van der Waals surface area (Å²) in [6, 6.07) is 76.7. The molecule has 0 N–H and O–H groups in total. The smallest absolute Gasteiger partial charge is 0.143 e. The van der Waals surface area contributed by atoms with E-state index >= 15 is 0 Å². The Labute approximate surface area is 400 Å². The molecule has 4 heteroatoms. The van der Waals surface area contributed by atoms with Crippen LogP contribution in [0.15, 0.2) is 211 Å². The largest absolute Gasteiger partial charge is 0.455 e. The summed E-state index contributed by atoms with van der Waals surface area (Å²) in [7, 11) is 0. The molecule has 15 aromatic rings. The minimum Gasteiger partial charge on any atom is -0.455 e. The van der Waals surface area contributed by atoms with E-state index in [1.165, 1.54) is 119 Å². The number of para-hydroxylation sites is 2. The first-order valence-corrected chi connectivity index (χ1v) is 24.7. The molecule has 1 aliphatic rings. The lowest BCUT2D eigenvalue weighted by atomic mass is 9.82. The second-order valence-electron chi connectivity index (χ2n) is 19.6. The number of aromatic nitrogens is 2. The van der Waals surface area contributed by atoms with E-state index in [1.807, 2.05) is 11.3 Å². The molecule has 4 aromatic heterocycles.